The van der Waals surface area contributed by atoms with E-state index in [1.807, 2.05) is 49.4 Å². The van der Waals surface area contributed by atoms with E-state index < -0.39 is 10.0 Å². The van der Waals surface area contributed by atoms with Crippen LogP contribution in [0.4, 0.5) is 5.69 Å². The van der Waals surface area contributed by atoms with Crippen molar-refractivity contribution in [2.75, 3.05) is 25.0 Å². The Morgan fingerprint density at radius 3 is 2.42 bits per heavy atom. The second-order valence-electron chi connectivity index (χ2n) is 7.63. The molecule has 31 heavy (non-hydrogen) atoms. The van der Waals surface area contributed by atoms with Crippen molar-refractivity contribution in [1.29, 1.82) is 0 Å². The van der Waals surface area contributed by atoms with Crippen LogP contribution in [0.5, 0.6) is 5.75 Å². The van der Waals surface area contributed by atoms with Crippen molar-refractivity contribution >= 4 is 21.6 Å². The predicted molar refractivity (Wildman–Crippen MR) is 121 cm³/mol. The molecule has 0 fully saturated rings. The molecule has 1 aliphatic rings. The minimum Gasteiger partial charge on any atom is -0.497 e. The molecule has 0 bridgehead atoms. The van der Waals surface area contributed by atoms with Crippen molar-refractivity contribution in [2.45, 2.75) is 18.4 Å². The fourth-order valence-corrected chi connectivity index (χ4v) is 5.39. The van der Waals surface area contributed by atoms with E-state index in [1.165, 1.54) is 9.21 Å². The number of fused-ring (bicyclic) bond motifs is 3. The number of hydrogen-bond acceptors (Lipinski definition) is 4. The van der Waals surface area contributed by atoms with Crippen molar-refractivity contribution in [3.05, 3.63) is 77.9 Å². The first kappa shape index (κ1) is 20.9. The lowest BCUT2D eigenvalue weighted by atomic mass is 10.0. The zero-order valence-electron chi connectivity index (χ0n) is 17.7. The van der Waals surface area contributed by atoms with Crippen LogP contribution < -0.4 is 9.04 Å². The van der Waals surface area contributed by atoms with Crippen LogP contribution in [-0.2, 0) is 21.4 Å². The summed E-state index contributed by atoms with van der Waals surface area (Å²) in [5.74, 6) is 0.452. The second kappa shape index (κ2) is 8.07. The van der Waals surface area contributed by atoms with Gasteiger partial charge in [0, 0.05) is 24.7 Å². The Morgan fingerprint density at radius 1 is 1.00 bits per heavy atom. The molecule has 1 amide bonds. The monoisotopic (exact) mass is 436 g/mol. The molecule has 0 N–H and O–H groups in total. The molecular weight excluding hydrogens is 412 g/mol. The molecule has 1 aliphatic heterocycles. The number of methoxy groups -OCH3 is 1. The first-order chi connectivity index (χ1) is 14.8. The summed E-state index contributed by atoms with van der Waals surface area (Å²) in [4.78, 5) is 14.8. The maximum Gasteiger partial charge on any atom is 0.265 e. The molecule has 7 heteroatoms. The van der Waals surface area contributed by atoms with E-state index in [0.717, 1.165) is 22.4 Å². The van der Waals surface area contributed by atoms with E-state index in [9.17, 15) is 13.2 Å². The highest BCUT2D eigenvalue weighted by molar-refractivity contribution is 7.93. The number of anilines is 1. The highest BCUT2D eigenvalue weighted by atomic mass is 32.2. The molecule has 3 aromatic carbocycles. The Morgan fingerprint density at radius 2 is 1.71 bits per heavy atom. The van der Waals surface area contributed by atoms with Gasteiger partial charge < -0.3 is 9.64 Å². The van der Waals surface area contributed by atoms with Crippen molar-refractivity contribution in [3.8, 4) is 16.9 Å². The highest BCUT2D eigenvalue weighted by Gasteiger charge is 2.36. The van der Waals surface area contributed by atoms with Crippen LogP contribution in [0.1, 0.15) is 11.1 Å². The quantitative estimate of drug-likeness (QED) is 0.610. The Balaban J connectivity index is 1.63. The van der Waals surface area contributed by atoms with Gasteiger partial charge in [0.2, 0.25) is 5.91 Å². The molecule has 0 saturated heterocycles. The van der Waals surface area contributed by atoms with Crippen LogP contribution in [0.3, 0.4) is 0 Å². The number of rotatable bonds is 5. The van der Waals surface area contributed by atoms with Crippen molar-refractivity contribution in [1.82, 2.24) is 4.90 Å². The highest BCUT2D eigenvalue weighted by Crippen LogP contribution is 2.43. The van der Waals surface area contributed by atoms with E-state index in [2.05, 4.69) is 0 Å². The Kier molecular flexibility index (Phi) is 5.45. The van der Waals surface area contributed by atoms with Crippen LogP contribution in [0.15, 0.2) is 71.6 Å². The molecule has 4 rings (SSSR count). The zero-order valence-corrected chi connectivity index (χ0v) is 18.5. The lowest BCUT2D eigenvalue weighted by Gasteiger charge is -2.33. The van der Waals surface area contributed by atoms with Gasteiger partial charge in [-0.2, -0.15) is 0 Å². The fraction of sp³-hybridized carbons (Fsp3) is 0.208. The molecule has 160 valence electrons. The normalized spacial score (nSPS) is 13.8. The van der Waals surface area contributed by atoms with Gasteiger partial charge in [-0.05, 0) is 42.8 Å². The van der Waals surface area contributed by atoms with Gasteiger partial charge in [-0.25, -0.2) is 8.42 Å². The van der Waals surface area contributed by atoms with Crippen molar-refractivity contribution in [3.63, 3.8) is 0 Å². The SMILES string of the molecule is COc1ccc(CN(C)C(=O)CN2c3ccc(C)cc3-c3ccccc3S2(=O)=O)cc1. The van der Waals surface area contributed by atoms with E-state index >= 15 is 0 Å². The van der Waals surface area contributed by atoms with E-state index in [0.29, 0.717) is 17.8 Å². The number of likely N-dealkylation sites (N-methyl/N-ethyl adjacent to an activating group) is 1. The van der Waals surface area contributed by atoms with Gasteiger partial charge in [0.1, 0.15) is 12.3 Å². The lowest BCUT2D eigenvalue weighted by molar-refractivity contribution is -0.128. The van der Waals surface area contributed by atoms with Crippen LogP contribution in [0.2, 0.25) is 0 Å². The zero-order chi connectivity index (χ0) is 22.2. The summed E-state index contributed by atoms with van der Waals surface area (Å²) in [5.41, 5.74) is 3.96. The second-order valence-corrected chi connectivity index (χ2v) is 9.46. The average molecular weight is 437 g/mol. The predicted octanol–water partition coefficient (Wildman–Crippen LogP) is 3.84. The minimum atomic E-state index is -3.85. The topological polar surface area (TPSA) is 66.9 Å². The van der Waals surface area contributed by atoms with E-state index in [1.54, 1.807) is 38.4 Å². The van der Waals surface area contributed by atoms with Gasteiger partial charge in [0.15, 0.2) is 0 Å². The number of carbonyl (C=O) groups excluding carboxylic acids is 1. The Hall–Kier alpha value is -3.32. The van der Waals surface area contributed by atoms with Gasteiger partial charge >= 0.3 is 0 Å². The molecule has 0 unspecified atom stereocenters. The van der Waals surface area contributed by atoms with Gasteiger partial charge in [-0.15, -0.1) is 0 Å². The van der Waals surface area contributed by atoms with Crippen molar-refractivity contribution in [2.24, 2.45) is 0 Å². The Bertz CT molecular complexity index is 1240. The summed E-state index contributed by atoms with van der Waals surface area (Å²) in [6, 6.07) is 19.9. The number of aryl methyl sites for hydroxylation is 1. The molecule has 0 aliphatic carbocycles. The summed E-state index contributed by atoms with van der Waals surface area (Å²) in [5, 5.41) is 0. The summed E-state index contributed by atoms with van der Waals surface area (Å²) >= 11 is 0. The summed E-state index contributed by atoms with van der Waals surface area (Å²) < 4.78 is 33.1. The largest absolute Gasteiger partial charge is 0.497 e. The Labute approximate surface area is 182 Å². The molecule has 0 aromatic heterocycles. The molecule has 1 heterocycles. The average Bonchev–Trinajstić information content (AvgIpc) is 2.77. The number of benzene rings is 3. The third-order valence-electron chi connectivity index (χ3n) is 5.45. The van der Waals surface area contributed by atoms with E-state index in [4.69, 9.17) is 4.74 Å². The van der Waals surface area contributed by atoms with Crippen LogP contribution >= 0.6 is 0 Å². The fourth-order valence-electron chi connectivity index (χ4n) is 3.75. The summed E-state index contributed by atoms with van der Waals surface area (Å²) in [6.07, 6.45) is 0. The molecule has 6 nitrogen and oxygen atoms in total. The molecular formula is C24H24N2O4S. The molecule has 0 spiro atoms. The number of nitrogens with zero attached hydrogens (tertiary/aromatic N) is 2. The van der Waals surface area contributed by atoms with Crippen LogP contribution in [0.25, 0.3) is 11.1 Å². The lowest BCUT2D eigenvalue weighted by Crippen LogP contribution is -2.43. The first-order valence-corrected chi connectivity index (χ1v) is 11.3. The molecule has 3 aromatic rings. The number of sulfonamides is 1. The van der Waals surface area contributed by atoms with Gasteiger partial charge in [0.25, 0.3) is 10.0 Å². The van der Waals surface area contributed by atoms with Crippen LogP contribution in [-0.4, -0.2) is 39.9 Å². The first-order valence-electron chi connectivity index (χ1n) is 9.91. The minimum absolute atomic E-state index is 0.221. The van der Waals surface area contributed by atoms with Crippen molar-refractivity contribution < 1.29 is 17.9 Å². The molecule has 0 radical (unpaired) electrons. The van der Waals surface area contributed by atoms with Gasteiger partial charge in [0.05, 0.1) is 17.7 Å². The van der Waals surface area contributed by atoms with Crippen LogP contribution in [0, 0.1) is 6.92 Å². The summed E-state index contributed by atoms with van der Waals surface area (Å²) in [7, 11) is -0.578. The summed E-state index contributed by atoms with van der Waals surface area (Å²) in [6.45, 7) is 2.07. The number of carbonyl (C=O) groups is 1. The maximum atomic E-state index is 13.4. The number of hydrogen-bond donors (Lipinski definition) is 0. The third kappa shape index (κ3) is 3.88. The number of ether oxygens (including phenoxy) is 1. The van der Waals surface area contributed by atoms with Gasteiger partial charge in [-0.1, -0.05) is 42.0 Å². The molecule has 0 atom stereocenters. The maximum absolute atomic E-state index is 13.4. The standard InChI is InChI=1S/C24H24N2O4S/c1-17-8-13-22-21(14-17)20-6-4-5-7-23(20)31(28,29)26(22)16-24(27)25(2)15-18-9-11-19(30-3)12-10-18/h4-14H,15-16H2,1-3H3. The smallest absolute Gasteiger partial charge is 0.265 e. The van der Waals surface area contributed by atoms with E-state index in [-0.39, 0.29) is 17.3 Å². The molecule has 0 saturated carbocycles. The number of amides is 1. The van der Waals surface area contributed by atoms with Gasteiger partial charge in [-0.3, -0.25) is 9.10 Å². The third-order valence-corrected chi connectivity index (χ3v) is 7.27.